The lowest BCUT2D eigenvalue weighted by molar-refractivity contribution is -0.201. The van der Waals surface area contributed by atoms with E-state index in [1.165, 1.54) is 20.8 Å². The lowest BCUT2D eigenvalue weighted by atomic mass is 9.81. The summed E-state index contributed by atoms with van der Waals surface area (Å²) in [5.74, 6) is -3.78. The van der Waals surface area contributed by atoms with E-state index in [1.807, 2.05) is 0 Å². The summed E-state index contributed by atoms with van der Waals surface area (Å²) < 4.78 is 0. The average Bonchev–Trinajstić information content (AvgIpc) is 1.83. The molecule has 0 spiro atoms. The van der Waals surface area contributed by atoms with Crippen LogP contribution in [0.1, 0.15) is 20.8 Å². The van der Waals surface area contributed by atoms with Gasteiger partial charge in [-0.15, -0.1) is 0 Å². The van der Waals surface area contributed by atoms with Crippen LogP contribution in [0.25, 0.3) is 0 Å². The summed E-state index contributed by atoms with van der Waals surface area (Å²) in [6.45, 7) is 7.64. The van der Waals surface area contributed by atoms with Crippen LogP contribution in [-0.2, 0) is 4.79 Å². The van der Waals surface area contributed by atoms with Crippen molar-refractivity contribution in [3.8, 4) is 0 Å². The van der Waals surface area contributed by atoms with Crippen molar-refractivity contribution in [1.82, 2.24) is 0 Å². The zero-order valence-corrected chi connectivity index (χ0v) is 7.46. The summed E-state index contributed by atoms with van der Waals surface area (Å²) in [6.07, 6.45) is 0. The largest absolute Gasteiger partial charge is 0.478 e. The topological polar surface area (TPSA) is 77.8 Å². The lowest BCUT2D eigenvalue weighted by Crippen LogP contribution is -2.46. The number of rotatable bonds is 2. The maximum atomic E-state index is 10.4. The number of carboxylic acid groups (broad SMARTS) is 1. The van der Waals surface area contributed by atoms with Crippen molar-refractivity contribution in [3.05, 3.63) is 12.2 Å². The van der Waals surface area contributed by atoms with Crippen LogP contribution < -0.4 is 0 Å². The Balaban J connectivity index is 4.87. The summed E-state index contributed by atoms with van der Waals surface area (Å²) in [4.78, 5) is 10.4. The summed E-state index contributed by atoms with van der Waals surface area (Å²) in [5.41, 5.74) is -1.59. The van der Waals surface area contributed by atoms with Gasteiger partial charge in [0.2, 0.25) is 5.79 Å². The fourth-order valence-electron chi connectivity index (χ4n) is 0.602. The van der Waals surface area contributed by atoms with Gasteiger partial charge in [-0.25, -0.2) is 4.79 Å². The van der Waals surface area contributed by atoms with E-state index < -0.39 is 22.7 Å². The highest BCUT2D eigenvalue weighted by Gasteiger charge is 2.43. The van der Waals surface area contributed by atoms with E-state index in [-0.39, 0.29) is 0 Å². The van der Waals surface area contributed by atoms with Gasteiger partial charge in [-0.05, 0) is 0 Å². The molecule has 0 aromatic heterocycles. The number of hydrogen-bond donors (Lipinski definition) is 3. The molecule has 0 radical (unpaired) electrons. The summed E-state index contributed by atoms with van der Waals surface area (Å²) in [7, 11) is 0. The van der Waals surface area contributed by atoms with Crippen LogP contribution in [0.2, 0.25) is 0 Å². The molecule has 0 rings (SSSR count). The Morgan fingerprint density at radius 2 is 1.58 bits per heavy atom. The standard InChI is InChI=1S/C8H14O4/c1-5(6(9)10)8(11,12)7(2,3)4/h11-12H,1H2,2-4H3,(H,9,10). The van der Waals surface area contributed by atoms with E-state index >= 15 is 0 Å². The second-order valence-electron chi connectivity index (χ2n) is 3.71. The maximum absolute atomic E-state index is 10.4. The van der Waals surface area contributed by atoms with Crippen LogP contribution in [0.4, 0.5) is 0 Å². The molecule has 0 amide bonds. The molecule has 0 aliphatic rings. The molecule has 4 nitrogen and oxygen atoms in total. The van der Waals surface area contributed by atoms with Crippen LogP contribution in [0.15, 0.2) is 12.2 Å². The second kappa shape index (κ2) is 2.88. The molecule has 0 unspecified atom stereocenters. The van der Waals surface area contributed by atoms with Gasteiger partial charge in [0.25, 0.3) is 0 Å². The summed E-state index contributed by atoms with van der Waals surface area (Å²) in [6, 6.07) is 0. The Morgan fingerprint density at radius 1 is 1.25 bits per heavy atom. The van der Waals surface area contributed by atoms with E-state index in [0.717, 1.165) is 0 Å². The third-order valence-electron chi connectivity index (χ3n) is 1.72. The first-order valence-corrected chi connectivity index (χ1v) is 3.48. The SMILES string of the molecule is C=C(C(=O)O)C(O)(O)C(C)(C)C. The smallest absolute Gasteiger partial charge is 0.336 e. The van der Waals surface area contributed by atoms with E-state index in [0.29, 0.717) is 0 Å². The van der Waals surface area contributed by atoms with Gasteiger partial charge in [0, 0.05) is 5.41 Å². The first kappa shape index (κ1) is 11.1. The fourth-order valence-corrected chi connectivity index (χ4v) is 0.602. The van der Waals surface area contributed by atoms with Gasteiger partial charge in [-0.1, -0.05) is 27.4 Å². The summed E-state index contributed by atoms with van der Waals surface area (Å²) >= 11 is 0. The highest BCUT2D eigenvalue weighted by atomic mass is 16.5. The van der Waals surface area contributed by atoms with Crippen molar-refractivity contribution in [1.29, 1.82) is 0 Å². The number of hydrogen-bond acceptors (Lipinski definition) is 3. The number of aliphatic hydroxyl groups is 2. The first-order chi connectivity index (χ1) is 5.10. The molecule has 0 atom stereocenters. The molecule has 0 fully saturated rings. The van der Waals surface area contributed by atoms with Gasteiger partial charge >= 0.3 is 5.97 Å². The Kier molecular flexibility index (Phi) is 2.67. The summed E-state index contributed by atoms with van der Waals surface area (Å²) in [5, 5.41) is 27.2. The van der Waals surface area contributed by atoms with Gasteiger partial charge in [0.15, 0.2) is 0 Å². The van der Waals surface area contributed by atoms with Gasteiger partial charge in [-0.2, -0.15) is 0 Å². The Labute approximate surface area is 71.1 Å². The Hall–Kier alpha value is -0.870. The van der Waals surface area contributed by atoms with Gasteiger partial charge in [-0.3, -0.25) is 0 Å². The number of carbonyl (C=O) groups is 1. The predicted octanol–water partition coefficient (Wildman–Crippen LogP) is 0.354. The molecule has 0 aliphatic heterocycles. The van der Waals surface area contributed by atoms with Crippen molar-refractivity contribution < 1.29 is 20.1 Å². The zero-order valence-electron chi connectivity index (χ0n) is 7.46. The highest BCUT2D eigenvalue weighted by molar-refractivity contribution is 5.87. The van der Waals surface area contributed by atoms with Crippen molar-refractivity contribution in [2.45, 2.75) is 26.6 Å². The van der Waals surface area contributed by atoms with Crippen LogP contribution in [0.3, 0.4) is 0 Å². The molecule has 12 heavy (non-hydrogen) atoms. The Bertz CT molecular complexity index is 210. The number of carboxylic acids is 1. The van der Waals surface area contributed by atoms with Gasteiger partial charge < -0.3 is 15.3 Å². The van der Waals surface area contributed by atoms with Crippen molar-refractivity contribution in [2.75, 3.05) is 0 Å². The second-order valence-corrected chi connectivity index (χ2v) is 3.71. The molecule has 0 saturated heterocycles. The predicted molar refractivity (Wildman–Crippen MR) is 43.4 cm³/mol. The first-order valence-electron chi connectivity index (χ1n) is 3.48. The molecule has 3 N–H and O–H groups in total. The quantitative estimate of drug-likeness (QED) is 0.417. The normalized spacial score (nSPS) is 12.8. The monoisotopic (exact) mass is 174 g/mol. The fraction of sp³-hybridized carbons (Fsp3) is 0.625. The minimum absolute atomic E-state index is 0.616. The van der Waals surface area contributed by atoms with Crippen molar-refractivity contribution in [3.63, 3.8) is 0 Å². The van der Waals surface area contributed by atoms with Crippen LogP contribution >= 0.6 is 0 Å². The van der Waals surface area contributed by atoms with E-state index in [2.05, 4.69) is 6.58 Å². The maximum Gasteiger partial charge on any atom is 0.336 e. The molecule has 0 aliphatic carbocycles. The van der Waals surface area contributed by atoms with Crippen molar-refractivity contribution >= 4 is 5.97 Å². The third kappa shape index (κ3) is 1.84. The van der Waals surface area contributed by atoms with E-state index in [1.54, 1.807) is 0 Å². The molecule has 0 aromatic carbocycles. The van der Waals surface area contributed by atoms with Crippen LogP contribution in [-0.4, -0.2) is 27.1 Å². The molecule has 0 heterocycles. The third-order valence-corrected chi connectivity index (χ3v) is 1.72. The van der Waals surface area contributed by atoms with Gasteiger partial charge in [0.05, 0.1) is 5.57 Å². The van der Waals surface area contributed by atoms with Crippen molar-refractivity contribution in [2.24, 2.45) is 5.41 Å². The molecule has 0 bridgehead atoms. The number of aliphatic carboxylic acids is 1. The molecule has 0 aromatic rings. The highest BCUT2D eigenvalue weighted by Crippen LogP contribution is 2.33. The minimum Gasteiger partial charge on any atom is -0.478 e. The van der Waals surface area contributed by atoms with Crippen LogP contribution in [0.5, 0.6) is 0 Å². The molecular weight excluding hydrogens is 160 g/mol. The molecular formula is C8H14O4. The molecule has 0 saturated carbocycles. The lowest BCUT2D eigenvalue weighted by Gasteiger charge is -2.34. The average molecular weight is 174 g/mol. The van der Waals surface area contributed by atoms with Gasteiger partial charge in [0.1, 0.15) is 0 Å². The van der Waals surface area contributed by atoms with E-state index in [4.69, 9.17) is 5.11 Å². The Morgan fingerprint density at radius 3 is 1.67 bits per heavy atom. The molecule has 70 valence electrons. The zero-order chi connectivity index (χ0) is 10.2. The minimum atomic E-state index is -2.38. The van der Waals surface area contributed by atoms with E-state index in [9.17, 15) is 15.0 Å². The van der Waals surface area contributed by atoms with Crippen LogP contribution in [0, 0.1) is 5.41 Å². The molecule has 4 heteroatoms.